The van der Waals surface area contributed by atoms with Crippen molar-refractivity contribution in [2.24, 2.45) is 0 Å². The Morgan fingerprint density at radius 3 is 2.52 bits per heavy atom. The number of likely N-dealkylation sites (tertiary alicyclic amines) is 1. The molecule has 0 bridgehead atoms. The van der Waals surface area contributed by atoms with E-state index in [2.05, 4.69) is 49.5 Å². The van der Waals surface area contributed by atoms with Gasteiger partial charge in [0.25, 0.3) is 0 Å². The molecule has 3 heterocycles. The van der Waals surface area contributed by atoms with Crippen LogP contribution in [0.25, 0.3) is 5.57 Å². The minimum atomic E-state index is -0.504. The molecule has 2 aromatic rings. The molecule has 0 amide bonds. The number of hydrogen-bond acceptors (Lipinski definition) is 5. The van der Waals surface area contributed by atoms with Crippen LogP contribution in [0.15, 0.2) is 42.0 Å². The lowest BCUT2D eigenvalue weighted by atomic mass is 9.72. The highest BCUT2D eigenvalue weighted by atomic mass is 19.1. The Hall–Kier alpha value is -3.14. The van der Waals surface area contributed by atoms with Crippen LogP contribution in [0, 0.1) is 18.2 Å². The molecule has 1 saturated heterocycles. The van der Waals surface area contributed by atoms with E-state index in [0.29, 0.717) is 25.3 Å². The summed E-state index contributed by atoms with van der Waals surface area (Å²) in [6.45, 7) is 14.1. The standard InChI is InChI=1S/C38H49FN2O3/c1-6-19-38(5,28-14-16-30(39)17-15-28)29-25-33(43-35(42)13-9-12-23-40-21-10-8-11-22-40)36-31-27-41(20-7-2)24-18-32(31)37(3,4)44-34(36)26-29/h2,14-17,25-26H,6,8-13,18-24,27H2,1,3-5H3. The van der Waals surface area contributed by atoms with Crippen LogP contribution in [0.2, 0.25) is 0 Å². The van der Waals surface area contributed by atoms with Gasteiger partial charge in [0, 0.05) is 24.9 Å². The van der Waals surface area contributed by atoms with Gasteiger partial charge in [-0.05, 0) is 119 Å². The van der Waals surface area contributed by atoms with Gasteiger partial charge >= 0.3 is 5.97 Å². The highest BCUT2D eigenvalue weighted by molar-refractivity contribution is 5.85. The molecule has 236 valence electrons. The molecule has 0 aliphatic carbocycles. The summed E-state index contributed by atoms with van der Waals surface area (Å²) < 4.78 is 27.0. The van der Waals surface area contributed by atoms with Gasteiger partial charge in [-0.3, -0.25) is 9.69 Å². The second kappa shape index (κ2) is 13.9. The van der Waals surface area contributed by atoms with E-state index in [-0.39, 0.29) is 11.8 Å². The molecule has 0 N–H and O–H groups in total. The van der Waals surface area contributed by atoms with E-state index < -0.39 is 11.0 Å². The molecule has 1 atom stereocenters. The molecule has 3 aliphatic heterocycles. The lowest BCUT2D eigenvalue weighted by molar-refractivity contribution is -0.134. The number of nitrogens with zero attached hydrogens (tertiary/aromatic N) is 2. The van der Waals surface area contributed by atoms with Crippen molar-refractivity contribution in [2.75, 3.05) is 39.3 Å². The van der Waals surface area contributed by atoms with Crippen molar-refractivity contribution in [2.45, 2.75) is 96.5 Å². The quantitative estimate of drug-likeness (QED) is 0.114. The van der Waals surface area contributed by atoms with Crippen LogP contribution in [-0.2, 0) is 10.2 Å². The molecule has 0 spiro atoms. The third kappa shape index (κ3) is 7.05. The number of benzene rings is 2. The first-order chi connectivity index (χ1) is 21.1. The molecule has 0 aromatic heterocycles. The number of carbonyl (C=O) groups is 1. The molecule has 2 aromatic carbocycles. The molecular formula is C38H49FN2O3. The number of hydrogen-bond donors (Lipinski definition) is 0. The van der Waals surface area contributed by atoms with E-state index in [1.54, 1.807) is 0 Å². The smallest absolute Gasteiger partial charge is 0.311 e. The maximum Gasteiger partial charge on any atom is 0.311 e. The number of piperidine rings is 1. The van der Waals surface area contributed by atoms with Crippen molar-refractivity contribution in [3.8, 4) is 23.8 Å². The van der Waals surface area contributed by atoms with Crippen LogP contribution in [-0.4, -0.2) is 60.6 Å². The van der Waals surface area contributed by atoms with Crippen molar-refractivity contribution in [3.63, 3.8) is 0 Å². The summed E-state index contributed by atoms with van der Waals surface area (Å²) in [7, 11) is 0. The molecule has 5 rings (SSSR count). The number of esters is 1. The predicted octanol–water partition coefficient (Wildman–Crippen LogP) is 7.76. The molecule has 3 aliphatic rings. The average molecular weight is 601 g/mol. The number of unbranched alkanes of at least 4 members (excludes halogenated alkanes) is 1. The Kier molecular flexibility index (Phi) is 10.2. The number of terminal acetylenes is 1. The fourth-order valence-electron chi connectivity index (χ4n) is 7.42. The largest absolute Gasteiger partial charge is 0.483 e. The Labute approximate surface area is 263 Å². The van der Waals surface area contributed by atoms with Gasteiger partial charge in [-0.1, -0.05) is 44.7 Å². The van der Waals surface area contributed by atoms with Gasteiger partial charge in [-0.25, -0.2) is 4.39 Å². The fraction of sp³-hybridized carbons (Fsp3) is 0.553. The Balaban J connectivity index is 1.51. The lowest BCUT2D eigenvalue weighted by Crippen LogP contribution is -2.42. The number of ether oxygens (including phenoxy) is 2. The van der Waals surface area contributed by atoms with Gasteiger partial charge < -0.3 is 14.4 Å². The maximum atomic E-state index is 14.0. The number of rotatable bonds is 11. The van der Waals surface area contributed by atoms with E-state index in [1.165, 1.54) is 50.1 Å². The Bertz CT molecular complexity index is 1400. The van der Waals surface area contributed by atoms with Gasteiger partial charge in [0.05, 0.1) is 12.1 Å². The normalized spacial score (nSPS) is 19.7. The molecule has 1 unspecified atom stereocenters. The van der Waals surface area contributed by atoms with Gasteiger partial charge in [0.1, 0.15) is 22.9 Å². The third-order valence-corrected chi connectivity index (χ3v) is 9.84. The average Bonchev–Trinajstić information content (AvgIpc) is 3.00. The van der Waals surface area contributed by atoms with Gasteiger partial charge in [-0.2, -0.15) is 0 Å². The highest BCUT2D eigenvalue weighted by Gasteiger charge is 2.41. The predicted molar refractivity (Wildman–Crippen MR) is 175 cm³/mol. The second-order valence-electron chi connectivity index (χ2n) is 13.5. The van der Waals surface area contributed by atoms with Gasteiger partial charge in [0.15, 0.2) is 0 Å². The van der Waals surface area contributed by atoms with E-state index >= 15 is 0 Å². The first-order valence-corrected chi connectivity index (χ1v) is 16.6. The fourth-order valence-corrected chi connectivity index (χ4v) is 7.42. The van der Waals surface area contributed by atoms with E-state index in [1.807, 2.05) is 18.2 Å². The molecule has 0 saturated carbocycles. The van der Waals surface area contributed by atoms with Gasteiger partial charge in [0.2, 0.25) is 0 Å². The summed E-state index contributed by atoms with van der Waals surface area (Å²) in [6.07, 6.45) is 14.4. The van der Waals surface area contributed by atoms with Crippen molar-refractivity contribution in [3.05, 3.63) is 64.5 Å². The topological polar surface area (TPSA) is 42.0 Å². The number of halogens is 1. The molecule has 6 heteroatoms. The monoisotopic (exact) mass is 600 g/mol. The van der Waals surface area contributed by atoms with Crippen molar-refractivity contribution >= 4 is 11.5 Å². The third-order valence-electron chi connectivity index (χ3n) is 9.84. The first-order valence-electron chi connectivity index (χ1n) is 16.6. The molecular weight excluding hydrogens is 551 g/mol. The zero-order valence-electron chi connectivity index (χ0n) is 27.1. The zero-order chi connectivity index (χ0) is 31.3. The summed E-state index contributed by atoms with van der Waals surface area (Å²) in [5.41, 5.74) is 4.32. The van der Waals surface area contributed by atoms with E-state index in [4.69, 9.17) is 15.9 Å². The van der Waals surface area contributed by atoms with E-state index in [9.17, 15) is 9.18 Å². The molecule has 1 fully saturated rings. The summed E-state index contributed by atoms with van der Waals surface area (Å²) >= 11 is 0. The maximum absolute atomic E-state index is 14.0. The molecule has 0 radical (unpaired) electrons. The lowest BCUT2D eigenvalue weighted by Gasteiger charge is -2.43. The summed E-state index contributed by atoms with van der Waals surface area (Å²) in [6, 6.07) is 10.9. The first kappa shape index (κ1) is 32.3. The van der Waals surface area contributed by atoms with Crippen molar-refractivity contribution in [1.82, 2.24) is 9.80 Å². The van der Waals surface area contributed by atoms with Crippen LogP contribution in [0.1, 0.15) is 102 Å². The highest BCUT2D eigenvalue weighted by Crippen LogP contribution is 2.51. The molecule has 44 heavy (non-hydrogen) atoms. The van der Waals surface area contributed by atoms with Gasteiger partial charge in [-0.15, -0.1) is 6.42 Å². The minimum Gasteiger partial charge on any atom is -0.483 e. The van der Waals surface area contributed by atoms with Crippen LogP contribution < -0.4 is 9.47 Å². The SMILES string of the molecule is C#CCN1CCC2=C(C1)c1c(OC(=O)CCCCN3CCCCC3)cc(C(C)(CCC)c3ccc(F)cc3)cc1OC2(C)C. The summed E-state index contributed by atoms with van der Waals surface area (Å²) in [4.78, 5) is 18.2. The zero-order valence-corrected chi connectivity index (χ0v) is 27.1. The minimum absolute atomic E-state index is 0.217. The van der Waals surface area contributed by atoms with Crippen LogP contribution >= 0.6 is 0 Å². The van der Waals surface area contributed by atoms with E-state index in [0.717, 1.165) is 73.2 Å². The summed E-state index contributed by atoms with van der Waals surface area (Å²) in [5.74, 6) is 3.60. The van der Waals surface area contributed by atoms with Crippen molar-refractivity contribution in [1.29, 1.82) is 0 Å². The number of fused-ring (bicyclic) bond motifs is 2. The second-order valence-corrected chi connectivity index (χ2v) is 13.5. The Morgan fingerprint density at radius 1 is 1.07 bits per heavy atom. The van der Waals surface area contributed by atoms with Crippen LogP contribution in [0.4, 0.5) is 4.39 Å². The van der Waals surface area contributed by atoms with Crippen LogP contribution in [0.3, 0.4) is 0 Å². The molecule has 5 nitrogen and oxygen atoms in total. The Morgan fingerprint density at radius 2 is 1.82 bits per heavy atom. The summed E-state index contributed by atoms with van der Waals surface area (Å²) in [5, 5.41) is 0. The van der Waals surface area contributed by atoms with Crippen molar-refractivity contribution < 1.29 is 18.7 Å². The number of carbonyl (C=O) groups excluding carboxylic acids is 1. The van der Waals surface area contributed by atoms with Crippen LogP contribution in [0.5, 0.6) is 11.5 Å².